The third-order valence-corrected chi connectivity index (χ3v) is 9.32. The van der Waals surface area contributed by atoms with Crippen LogP contribution in [0.3, 0.4) is 0 Å². The summed E-state index contributed by atoms with van der Waals surface area (Å²) in [4.78, 5) is 22.7. The summed E-state index contributed by atoms with van der Waals surface area (Å²) in [7, 11) is -3.03. The second-order valence-electron chi connectivity index (χ2n) is 10.7. The highest BCUT2D eigenvalue weighted by Crippen LogP contribution is 2.26. The van der Waals surface area contributed by atoms with Crippen LogP contribution in [-0.4, -0.2) is 69.4 Å². The number of ether oxygens (including phenoxy) is 2. The summed E-state index contributed by atoms with van der Waals surface area (Å²) in [6, 6.07) is 17.2. The first-order chi connectivity index (χ1) is 23.7. The van der Waals surface area contributed by atoms with Crippen molar-refractivity contribution in [1.29, 1.82) is 0 Å². The van der Waals surface area contributed by atoms with Crippen molar-refractivity contribution in [3.8, 4) is 11.5 Å². The predicted molar refractivity (Wildman–Crippen MR) is 177 cm³/mol. The summed E-state index contributed by atoms with van der Waals surface area (Å²) in [6.45, 7) is 0.404. The van der Waals surface area contributed by atoms with Crippen molar-refractivity contribution in [2.45, 2.75) is 48.0 Å². The van der Waals surface area contributed by atoms with Crippen LogP contribution in [0.5, 0.6) is 11.5 Å². The largest absolute Gasteiger partial charge is 0.484 e. The van der Waals surface area contributed by atoms with E-state index in [-0.39, 0.29) is 28.5 Å². The van der Waals surface area contributed by atoms with Gasteiger partial charge in [-0.2, -0.15) is 26.3 Å². The maximum atomic E-state index is 12.5. The average Bonchev–Trinajstić information content (AvgIpc) is 3.70. The standard InChI is InChI=1S/2C16H14F3N3O2S.H2O/c2*1-10-13(20-7-6-14(10)24-9-16(17,18)19)8-25(23)15-21-11-4-2-3-5-12(11)22-15;/h2*2-7H,8-9H2,1H3,(H,21,22);1H2. The summed E-state index contributed by atoms with van der Waals surface area (Å²) in [5.41, 5.74) is 4.57. The Labute approximate surface area is 291 Å². The number of nitrogens with zero attached hydrogens (tertiary/aromatic N) is 4. The zero-order valence-electron chi connectivity index (χ0n) is 26.8. The van der Waals surface area contributed by atoms with Crippen molar-refractivity contribution in [1.82, 2.24) is 29.9 Å². The van der Waals surface area contributed by atoms with Crippen LogP contribution >= 0.6 is 0 Å². The van der Waals surface area contributed by atoms with Crippen LogP contribution in [0.15, 0.2) is 83.4 Å². The lowest BCUT2D eigenvalue weighted by molar-refractivity contribution is -0.154. The molecule has 6 aromatic rings. The van der Waals surface area contributed by atoms with Gasteiger partial charge in [0.05, 0.1) is 66.6 Å². The molecule has 4 heterocycles. The van der Waals surface area contributed by atoms with Gasteiger partial charge in [0, 0.05) is 23.5 Å². The van der Waals surface area contributed by atoms with Crippen LogP contribution in [0.25, 0.3) is 22.1 Å². The number of H-pyrrole nitrogens is 2. The van der Waals surface area contributed by atoms with Crippen LogP contribution in [0.4, 0.5) is 26.3 Å². The normalized spacial score (nSPS) is 12.9. The monoisotopic (exact) mass is 756 g/mol. The van der Waals surface area contributed by atoms with Gasteiger partial charge in [0.1, 0.15) is 11.5 Å². The van der Waals surface area contributed by atoms with E-state index in [9.17, 15) is 34.8 Å². The van der Waals surface area contributed by atoms with E-state index in [1.54, 1.807) is 26.0 Å². The van der Waals surface area contributed by atoms with E-state index >= 15 is 0 Å². The molecule has 2 unspecified atom stereocenters. The fraction of sp³-hybridized carbons (Fsp3) is 0.250. The molecule has 0 aliphatic rings. The number of para-hydroxylation sites is 4. The van der Waals surface area contributed by atoms with Crippen molar-refractivity contribution < 1.29 is 49.7 Å². The number of imidazole rings is 2. The number of halogens is 6. The van der Waals surface area contributed by atoms with Crippen LogP contribution in [0.2, 0.25) is 0 Å². The van der Waals surface area contributed by atoms with E-state index in [0.717, 1.165) is 11.0 Å². The maximum absolute atomic E-state index is 12.5. The van der Waals surface area contributed by atoms with Crippen molar-refractivity contribution in [2.75, 3.05) is 13.2 Å². The summed E-state index contributed by atoms with van der Waals surface area (Å²) >= 11 is 0. The highest BCUT2D eigenvalue weighted by molar-refractivity contribution is 7.84. The quantitative estimate of drug-likeness (QED) is 0.156. The van der Waals surface area contributed by atoms with E-state index in [4.69, 9.17) is 9.47 Å². The molecule has 0 fully saturated rings. The van der Waals surface area contributed by atoms with Crippen LogP contribution in [0.1, 0.15) is 22.5 Å². The average molecular weight is 757 g/mol. The Balaban J connectivity index is 0.000000224. The van der Waals surface area contributed by atoms with E-state index in [2.05, 4.69) is 29.9 Å². The molecule has 0 saturated carbocycles. The minimum Gasteiger partial charge on any atom is -0.484 e. The molecule has 0 radical (unpaired) electrons. The summed E-state index contributed by atoms with van der Waals surface area (Å²) in [6.07, 6.45) is -6.17. The number of aromatic nitrogens is 6. The number of aromatic amines is 2. The van der Waals surface area contributed by atoms with Gasteiger partial charge >= 0.3 is 12.4 Å². The summed E-state index contributed by atoms with van der Waals surface area (Å²) < 4.78 is 108. The molecule has 0 aliphatic carbocycles. The molecule has 4 N–H and O–H groups in total. The van der Waals surface area contributed by atoms with Gasteiger partial charge in [-0.05, 0) is 50.2 Å². The fourth-order valence-corrected chi connectivity index (χ4v) is 6.70. The smallest absolute Gasteiger partial charge is 0.422 e. The van der Waals surface area contributed by atoms with Gasteiger partial charge in [0.2, 0.25) is 0 Å². The number of alkyl halides is 6. The molecule has 19 heteroatoms. The molecule has 11 nitrogen and oxygen atoms in total. The van der Waals surface area contributed by atoms with Crippen molar-refractivity contribution in [3.63, 3.8) is 0 Å². The Kier molecular flexibility index (Phi) is 12.5. The number of fused-ring (bicyclic) bond motifs is 2. The van der Waals surface area contributed by atoms with Gasteiger partial charge in [-0.3, -0.25) is 18.4 Å². The van der Waals surface area contributed by atoms with Crippen molar-refractivity contribution in [2.24, 2.45) is 0 Å². The molecule has 0 aliphatic heterocycles. The van der Waals surface area contributed by atoms with E-state index in [1.165, 1.54) is 24.5 Å². The Bertz CT molecular complexity index is 1940. The second-order valence-corrected chi connectivity index (χ2v) is 13.4. The Morgan fingerprint density at radius 3 is 1.35 bits per heavy atom. The lowest BCUT2D eigenvalue weighted by Gasteiger charge is -2.13. The fourth-order valence-electron chi connectivity index (χ4n) is 4.50. The summed E-state index contributed by atoms with van der Waals surface area (Å²) in [5, 5.41) is 0.591. The number of rotatable bonds is 10. The minimum atomic E-state index is -4.42. The molecule has 51 heavy (non-hydrogen) atoms. The van der Waals surface area contributed by atoms with Crippen LogP contribution in [0, 0.1) is 13.8 Å². The molecule has 0 bridgehead atoms. The predicted octanol–water partition coefficient (Wildman–Crippen LogP) is 6.21. The number of nitrogens with one attached hydrogen (secondary N) is 2. The lowest BCUT2D eigenvalue weighted by atomic mass is 10.2. The topological polar surface area (TPSA) is 167 Å². The molecule has 272 valence electrons. The minimum absolute atomic E-state index is 0. The number of hydrogen-bond donors (Lipinski definition) is 2. The van der Waals surface area contributed by atoms with Crippen molar-refractivity contribution in [3.05, 3.63) is 95.6 Å². The van der Waals surface area contributed by atoms with E-state index in [0.29, 0.717) is 43.9 Å². The Morgan fingerprint density at radius 2 is 1.00 bits per heavy atom. The van der Waals surface area contributed by atoms with Gasteiger partial charge in [0.15, 0.2) is 23.5 Å². The Hall–Kier alpha value is -4.88. The van der Waals surface area contributed by atoms with Crippen LogP contribution in [-0.2, 0) is 33.1 Å². The number of pyridine rings is 2. The molecule has 0 spiro atoms. The zero-order valence-corrected chi connectivity index (χ0v) is 28.4. The third kappa shape index (κ3) is 10.6. The van der Waals surface area contributed by atoms with Gasteiger partial charge in [0.25, 0.3) is 0 Å². The van der Waals surface area contributed by atoms with E-state index in [1.807, 2.05) is 36.4 Å². The van der Waals surface area contributed by atoms with Gasteiger partial charge in [-0.25, -0.2) is 9.97 Å². The molecule has 0 saturated heterocycles. The molecular weight excluding hydrogens is 727 g/mol. The first-order valence-corrected chi connectivity index (χ1v) is 17.2. The molecule has 2 atom stereocenters. The number of hydrogen-bond acceptors (Lipinski definition) is 8. The molecule has 2 aromatic carbocycles. The maximum Gasteiger partial charge on any atom is 0.422 e. The molecule has 4 aromatic heterocycles. The van der Waals surface area contributed by atoms with Crippen LogP contribution < -0.4 is 9.47 Å². The second kappa shape index (κ2) is 16.4. The van der Waals surface area contributed by atoms with Gasteiger partial charge in [-0.1, -0.05) is 24.3 Å². The highest BCUT2D eigenvalue weighted by Gasteiger charge is 2.30. The summed E-state index contributed by atoms with van der Waals surface area (Å²) in [5.74, 6) is 0.192. The zero-order chi connectivity index (χ0) is 36.1. The molecule has 6 rings (SSSR count). The molecule has 0 amide bonds. The van der Waals surface area contributed by atoms with Gasteiger partial charge < -0.3 is 24.9 Å². The van der Waals surface area contributed by atoms with Gasteiger partial charge in [-0.15, -0.1) is 0 Å². The lowest BCUT2D eigenvalue weighted by Crippen LogP contribution is -2.20. The van der Waals surface area contributed by atoms with Crippen molar-refractivity contribution >= 4 is 43.7 Å². The molecular formula is C32H30F6N6O5S2. The highest BCUT2D eigenvalue weighted by atomic mass is 32.2. The Morgan fingerprint density at radius 1 is 0.627 bits per heavy atom. The SMILES string of the molecule is Cc1c(OCC(F)(F)F)ccnc1CS(=O)c1nc2ccccc2[nH]1.Cc1c(OCC(F)(F)F)ccnc1CS(=O)c1nc2ccccc2[nH]1.O. The first-order valence-electron chi connectivity index (χ1n) is 14.6. The van der Waals surface area contributed by atoms with E-state index < -0.39 is 47.2 Å². The number of benzene rings is 2. The first kappa shape index (κ1) is 38.9. The third-order valence-electron chi connectivity index (χ3n) is 7.00.